The van der Waals surface area contributed by atoms with Crippen LogP contribution < -0.4 is 30.0 Å². The molecule has 32 heteroatoms. The van der Waals surface area contributed by atoms with E-state index in [-0.39, 0.29) is 52.2 Å². The molecule has 7 rings (SSSR count). The number of methoxy groups -OCH3 is 5. The Hall–Kier alpha value is -11.0. The Labute approximate surface area is 538 Å². The van der Waals surface area contributed by atoms with Gasteiger partial charge in [-0.15, -0.1) is 16.6 Å². The van der Waals surface area contributed by atoms with E-state index in [1.165, 1.54) is 81.6 Å². The second kappa shape index (κ2) is 33.7. The molecular weight excluding hydrogens is 1250 g/mol. The van der Waals surface area contributed by atoms with E-state index in [2.05, 4.69) is 66.0 Å². The zero-order chi connectivity index (χ0) is 69.8. The number of hydrogen-bond donors (Lipinski definition) is 6. The number of carboxylic acid groups (broad SMARTS) is 2. The standard InChI is InChI=1S/C24H29N5O6S.C12H11N3O4.C12H20N2O3S.C8H7N3O2.C4H4O2.CH4/c1-14-8-9-15(10-20(14)29-13-19(26-28-29)23(31)35-6)22(30)25-17-11-16(24(2,3)4)12-18(21(17)34-5)27-36(7,32)33;1-7-3-4-8(11(16)17)5-10(7)15-6-9(13-14-15)12(18)19-2;1-12(2,3)8-6-9(13)11(17-4)10(7-8)14-18(5,15)16;1-5-2-3-6(8(12)13)4-7(5)10-11-9;1-3-4(5)6-2;/h8-13,27H,1-7H3,(H,25,30);3-6H,1-2H3,(H,16,17);6-7,14H,13H2,1-5H3;2-4H,1H3,(H,12,13);1H,2H3;1H4. The highest BCUT2D eigenvalue weighted by atomic mass is 32.2. The zero-order valence-electron chi connectivity index (χ0n) is 53.2. The van der Waals surface area contributed by atoms with Gasteiger partial charge in [-0.25, -0.2) is 50.2 Å². The summed E-state index contributed by atoms with van der Waals surface area (Å²) in [5.74, 6) is -2.11. The van der Waals surface area contributed by atoms with E-state index < -0.39 is 55.8 Å². The SMILES string of the molecule is C.C#CC(=O)OC.COC(=O)c1cn(-c2cc(C(=O)Nc3cc(C(C)(C)C)cc(NS(C)(=O)=O)c3OC)ccc2C)nn1.COC(=O)c1cn(-c2cc(C(=O)O)ccc2C)nn1.COc1c(N)cc(C(C)(C)C)cc1NS(C)(=O)=O.Cc1ccc(C(=O)O)cc1N=[N+]=[N-]. The summed E-state index contributed by atoms with van der Waals surface area (Å²) in [6.07, 6.45) is 9.49. The number of carbonyl (C=O) groups excluding carboxylic acids is 4. The van der Waals surface area contributed by atoms with Crippen LogP contribution in [-0.2, 0) is 49.9 Å². The maximum Gasteiger partial charge on any atom is 0.383 e. The molecular formula is C61H75N13O17S2. The molecule has 30 nitrogen and oxygen atoms in total. The van der Waals surface area contributed by atoms with E-state index in [0.29, 0.717) is 45.4 Å². The summed E-state index contributed by atoms with van der Waals surface area (Å²) in [6.45, 7) is 17.4. The molecule has 0 bridgehead atoms. The van der Waals surface area contributed by atoms with Gasteiger partial charge in [0.15, 0.2) is 22.9 Å². The molecule has 0 aliphatic heterocycles. The van der Waals surface area contributed by atoms with Gasteiger partial charge in [0, 0.05) is 22.1 Å². The fraction of sp³-hybridized carbons (Fsp3) is 0.311. The van der Waals surface area contributed by atoms with Gasteiger partial charge in [-0.3, -0.25) is 14.2 Å². The van der Waals surface area contributed by atoms with E-state index in [0.717, 1.165) is 40.3 Å². The molecule has 0 unspecified atom stereocenters. The molecule has 2 heterocycles. The molecule has 0 saturated heterocycles. The Kier molecular flexibility index (Phi) is 28.3. The number of terminal acetylenes is 1. The van der Waals surface area contributed by atoms with E-state index in [9.17, 15) is 45.6 Å². The average Bonchev–Trinajstić information content (AvgIpc) is 1.40. The molecule has 93 heavy (non-hydrogen) atoms. The highest BCUT2D eigenvalue weighted by Gasteiger charge is 2.24. The van der Waals surface area contributed by atoms with E-state index in [1.54, 1.807) is 74.4 Å². The van der Waals surface area contributed by atoms with Crippen molar-refractivity contribution in [2.24, 2.45) is 5.11 Å². The molecule has 5 aromatic carbocycles. The van der Waals surface area contributed by atoms with E-state index >= 15 is 0 Å². The maximum absolute atomic E-state index is 13.3. The second-order valence-corrected chi connectivity index (χ2v) is 25.0. The fourth-order valence-electron chi connectivity index (χ4n) is 7.54. The number of azide groups is 1. The summed E-state index contributed by atoms with van der Waals surface area (Å²) >= 11 is 0. The first kappa shape index (κ1) is 78.1. The second-order valence-electron chi connectivity index (χ2n) is 21.5. The van der Waals surface area contributed by atoms with Crippen LogP contribution in [0.25, 0.3) is 21.8 Å². The number of nitrogens with two attached hydrogens (primary N) is 1. The lowest BCUT2D eigenvalue weighted by atomic mass is 9.86. The van der Waals surface area contributed by atoms with Crippen molar-refractivity contribution >= 4 is 84.2 Å². The first-order chi connectivity index (χ1) is 42.8. The summed E-state index contributed by atoms with van der Waals surface area (Å²) < 4.78 is 78.0. The summed E-state index contributed by atoms with van der Waals surface area (Å²) in [6, 6.07) is 21.0. The van der Waals surface area contributed by atoms with Crippen LogP contribution in [0.5, 0.6) is 11.5 Å². The van der Waals surface area contributed by atoms with E-state index in [4.69, 9.17) is 31.0 Å². The number of sulfonamides is 2. The van der Waals surface area contributed by atoms with Gasteiger partial charge in [-0.1, -0.05) is 82.7 Å². The Bertz CT molecular complexity index is 4210. The van der Waals surface area contributed by atoms with Crippen molar-refractivity contribution in [3.63, 3.8) is 0 Å². The minimum absolute atomic E-state index is 0. The topological polar surface area (TPSA) is 430 Å². The number of aryl methyl sites for hydroxylation is 3. The Morgan fingerprint density at radius 3 is 1.39 bits per heavy atom. The van der Waals surface area contributed by atoms with Gasteiger partial charge in [0.1, 0.15) is 0 Å². The highest BCUT2D eigenvalue weighted by molar-refractivity contribution is 7.92. The summed E-state index contributed by atoms with van der Waals surface area (Å²) in [4.78, 5) is 70.1. The largest absolute Gasteiger partial charge is 0.492 e. The molecule has 498 valence electrons. The van der Waals surface area contributed by atoms with Crippen LogP contribution in [0.4, 0.5) is 28.4 Å². The number of benzene rings is 5. The number of nitrogens with one attached hydrogen (secondary N) is 3. The van der Waals surface area contributed by atoms with Gasteiger partial charge in [-0.05, 0) is 126 Å². The number of rotatable bonds is 15. The predicted octanol–water partition coefficient (Wildman–Crippen LogP) is 9.36. The molecule has 0 atom stereocenters. The minimum atomic E-state index is -3.61. The van der Waals surface area contributed by atoms with Crippen molar-refractivity contribution < 1.29 is 79.5 Å². The monoisotopic (exact) mass is 1330 g/mol. The third-order valence-electron chi connectivity index (χ3n) is 12.3. The number of amides is 1. The third kappa shape index (κ3) is 23.4. The molecule has 0 aliphatic carbocycles. The first-order valence-electron chi connectivity index (χ1n) is 26.6. The average molecular weight is 1330 g/mol. The number of anilines is 4. The van der Waals surface area contributed by atoms with Crippen LogP contribution in [0.2, 0.25) is 0 Å². The van der Waals surface area contributed by atoms with Crippen LogP contribution in [-0.4, -0.2) is 141 Å². The number of carboxylic acids is 2. The summed E-state index contributed by atoms with van der Waals surface area (Å²) in [5, 5.41) is 39.0. The number of aromatic nitrogens is 6. The maximum atomic E-state index is 13.3. The van der Waals surface area contributed by atoms with E-state index in [1.807, 2.05) is 48.5 Å². The van der Waals surface area contributed by atoms with Gasteiger partial charge in [-0.2, -0.15) is 0 Å². The van der Waals surface area contributed by atoms with Gasteiger partial charge in [0.05, 0.1) is 106 Å². The summed E-state index contributed by atoms with van der Waals surface area (Å²) in [5.41, 5.74) is 21.0. The lowest BCUT2D eigenvalue weighted by Gasteiger charge is -2.24. The molecule has 0 aliphatic rings. The third-order valence-corrected chi connectivity index (χ3v) is 13.5. The minimum Gasteiger partial charge on any atom is -0.492 e. The first-order valence-corrected chi connectivity index (χ1v) is 30.4. The van der Waals surface area contributed by atoms with Crippen molar-refractivity contribution in [2.45, 2.75) is 80.6 Å². The fourth-order valence-corrected chi connectivity index (χ4v) is 8.64. The van der Waals surface area contributed by atoms with Crippen molar-refractivity contribution in [2.75, 3.05) is 68.6 Å². The molecule has 2 aromatic heterocycles. The van der Waals surface area contributed by atoms with Crippen molar-refractivity contribution in [3.8, 4) is 35.2 Å². The van der Waals surface area contributed by atoms with Gasteiger partial charge >= 0.3 is 29.8 Å². The van der Waals surface area contributed by atoms with Crippen LogP contribution >= 0.6 is 0 Å². The highest BCUT2D eigenvalue weighted by Crippen LogP contribution is 2.40. The number of hydrogen-bond acceptors (Lipinski definition) is 21. The predicted molar refractivity (Wildman–Crippen MR) is 349 cm³/mol. The van der Waals surface area contributed by atoms with Gasteiger partial charge in [0.25, 0.3) is 5.91 Å². The molecule has 0 radical (unpaired) electrons. The van der Waals surface area contributed by atoms with Crippen LogP contribution in [0.15, 0.2) is 96.4 Å². The molecule has 7 N–H and O–H groups in total. The zero-order valence-corrected chi connectivity index (χ0v) is 54.8. The van der Waals surface area contributed by atoms with Crippen LogP contribution in [0.3, 0.4) is 0 Å². The Morgan fingerprint density at radius 2 is 1.01 bits per heavy atom. The molecule has 1 amide bonds. The normalized spacial score (nSPS) is 10.6. The smallest absolute Gasteiger partial charge is 0.383 e. The lowest BCUT2D eigenvalue weighted by molar-refractivity contribution is -0.133. The number of esters is 3. The molecule has 0 spiro atoms. The number of carbonyl (C=O) groups is 6. The van der Waals surface area contributed by atoms with Crippen LogP contribution in [0, 0.1) is 33.1 Å². The number of nitrogens with zero attached hydrogens (tertiary/aromatic N) is 9. The van der Waals surface area contributed by atoms with Crippen molar-refractivity contribution in [1.82, 2.24) is 30.0 Å². The Balaban J connectivity index is 0.000000438. The van der Waals surface area contributed by atoms with Crippen molar-refractivity contribution in [3.05, 3.63) is 158 Å². The Morgan fingerprint density at radius 1 is 0.613 bits per heavy atom. The number of ether oxygens (including phenoxy) is 5. The lowest BCUT2D eigenvalue weighted by Crippen LogP contribution is -2.18. The molecule has 0 saturated carbocycles. The van der Waals surface area contributed by atoms with Crippen LogP contribution in [0.1, 0.15) is 129 Å². The molecule has 0 fully saturated rings. The number of nitrogen functional groups attached to an aromatic ring is 1. The number of aromatic carboxylic acids is 2. The van der Waals surface area contributed by atoms with Gasteiger partial charge in [0.2, 0.25) is 20.0 Å². The van der Waals surface area contributed by atoms with Crippen molar-refractivity contribution in [1.29, 1.82) is 0 Å². The summed E-state index contributed by atoms with van der Waals surface area (Å²) in [7, 11) is -0.403. The quantitative estimate of drug-likeness (QED) is 0.00813. The molecule has 7 aromatic rings. The van der Waals surface area contributed by atoms with Gasteiger partial charge < -0.3 is 44.9 Å².